The van der Waals surface area contributed by atoms with Crippen molar-refractivity contribution in [2.45, 2.75) is 31.2 Å². The second-order valence-electron chi connectivity index (χ2n) is 9.81. The SMILES string of the molecule is [B]C(Nc1cc(Cl)c2ncc(C#N)c(Nc3cccc(Cl)c3C)c2c1)(c1ccc(F)cc1)c1cn(C2CC2)nn1. The fourth-order valence-corrected chi connectivity index (χ4v) is 5.07. The molecule has 1 aliphatic carbocycles. The Balaban J connectivity index is 1.48. The van der Waals surface area contributed by atoms with Crippen LogP contribution in [-0.4, -0.2) is 27.8 Å². The molecule has 6 rings (SSSR count). The van der Waals surface area contributed by atoms with Gasteiger partial charge in [0, 0.05) is 28.0 Å². The van der Waals surface area contributed by atoms with Crippen molar-refractivity contribution in [2.24, 2.45) is 0 Å². The number of pyridine rings is 1. The third-order valence-corrected chi connectivity index (χ3v) is 7.75. The van der Waals surface area contributed by atoms with E-state index in [0.29, 0.717) is 55.2 Å². The lowest BCUT2D eigenvalue weighted by atomic mass is 9.69. The van der Waals surface area contributed by atoms with E-state index in [4.69, 9.17) is 31.0 Å². The first-order chi connectivity index (χ1) is 19.3. The molecule has 3 aromatic carbocycles. The zero-order valence-corrected chi connectivity index (χ0v) is 22.8. The summed E-state index contributed by atoms with van der Waals surface area (Å²) < 4.78 is 15.6. The van der Waals surface area contributed by atoms with Crippen molar-refractivity contribution in [2.75, 3.05) is 10.6 Å². The number of nitrogens with zero attached hydrogens (tertiary/aromatic N) is 5. The van der Waals surface area contributed by atoms with Crippen LogP contribution < -0.4 is 10.6 Å². The molecule has 1 aliphatic rings. The van der Waals surface area contributed by atoms with Crippen LogP contribution in [0.3, 0.4) is 0 Å². The van der Waals surface area contributed by atoms with Gasteiger partial charge in [-0.3, -0.25) is 4.98 Å². The van der Waals surface area contributed by atoms with E-state index in [1.165, 1.54) is 18.3 Å². The number of benzene rings is 3. The van der Waals surface area contributed by atoms with Crippen molar-refractivity contribution in [3.8, 4) is 6.07 Å². The van der Waals surface area contributed by atoms with Gasteiger partial charge in [0.05, 0.1) is 39.5 Å². The van der Waals surface area contributed by atoms with Gasteiger partial charge >= 0.3 is 0 Å². The normalized spacial score (nSPS) is 14.5. The van der Waals surface area contributed by atoms with Crippen LogP contribution in [-0.2, 0) is 5.44 Å². The van der Waals surface area contributed by atoms with E-state index in [0.717, 1.165) is 24.1 Å². The smallest absolute Gasteiger partial charge is 0.123 e. The molecule has 1 fully saturated rings. The van der Waals surface area contributed by atoms with Gasteiger partial charge in [-0.05, 0) is 67.3 Å². The highest BCUT2D eigenvalue weighted by Crippen LogP contribution is 2.39. The molecule has 1 saturated carbocycles. The van der Waals surface area contributed by atoms with Gasteiger partial charge in [0.2, 0.25) is 0 Å². The minimum absolute atomic E-state index is 0.299. The van der Waals surface area contributed by atoms with Gasteiger partial charge in [0.1, 0.15) is 25.4 Å². The van der Waals surface area contributed by atoms with Gasteiger partial charge in [-0.2, -0.15) is 5.26 Å². The number of rotatable bonds is 7. The summed E-state index contributed by atoms with van der Waals surface area (Å²) in [6.45, 7) is 1.89. The van der Waals surface area contributed by atoms with Crippen molar-refractivity contribution < 1.29 is 4.39 Å². The van der Waals surface area contributed by atoms with Crippen molar-refractivity contribution in [1.29, 1.82) is 5.26 Å². The minimum Gasteiger partial charge on any atom is -0.378 e. The summed E-state index contributed by atoms with van der Waals surface area (Å²) in [4.78, 5) is 4.44. The molecule has 1 atom stereocenters. The van der Waals surface area contributed by atoms with Gasteiger partial charge in [-0.25, -0.2) is 9.07 Å². The standard InChI is InChI=1S/C29H21BCl2FN7/c1-16-23(31)3-2-4-25(16)36-27-17(13-34)14-35-28-22(27)11-20(12-24(28)32)37-29(30,18-5-7-19(33)8-6-18)26-15-40(39-38-26)21-9-10-21/h2-8,11-12,14-15,21,37H,9-10H2,1H3,(H,35,36). The van der Waals surface area contributed by atoms with Crippen molar-refractivity contribution in [3.63, 3.8) is 0 Å². The number of nitriles is 1. The predicted molar refractivity (Wildman–Crippen MR) is 156 cm³/mol. The molecular weight excluding hydrogens is 547 g/mol. The highest BCUT2D eigenvalue weighted by atomic mass is 35.5. The quantitative estimate of drug-likeness (QED) is 0.205. The Bertz CT molecular complexity index is 1800. The maximum absolute atomic E-state index is 13.8. The number of aromatic nitrogens is 4. The topological polar surface area (TPSA) is 91.5 Å². The van der Waals surface area contributed by atoms with Gasteiger partial charge < -0.3 is 10.6 Å². The third-order valence-electron chi connectivity index (χ3n) is 7.05. The summed E-state index contributed by atoms with van der Waals surface area (Å²) in [6, 6.07) is 17.4. The molecule has 40 heavy (non-hydrogen) atoms. The predicted octanol–water partition coefficient (Wildman–Crippen LogP) is 7.01. The lowest BCUT2D eigenvalue weighted by Gasteiger charge is -2.32. The van der Waals surface area contributed by atoms with E-state index in [-0.39, 0.29) is 5.82 Å². The Labute approximate surface area is 241 Å². The molecule has 0 bridgehead atoms. The van der Waals surface area contributed by atoms with E-state index >= 15 is 0 Å². The van der Waals surface area contributed by atoms with E-state index in [1.54, 1.807) is 35.1 Å². The van der Waals surface area contributed by atoms with Crippen molar-refractivity contribution in [1.82, 2.24) is 20.0 Å². The maximum atomic E-state index is 13.8. The van der Waals surface area contributed by atoms with Crippen LogP contribution in [0.2, 0.25) is 10.0 Å². The molecule has 2 N–H and O–H groups in total. The van der Waals surface area contributed by atoms with E-state index in [9.17, 15) is 9.65 Å². The highest BCUT2D eigenvalue weighted by molar-refractivity contribution is 6.36. The number of hydrogen-bond acceptors (Lipinski definition) is 6. The number of anilines is 3. The Kier molecular flexibility index (Phi) is 6.61. The Morgan fingerprint density at radius 3 is 2.62 bits per heavy atom. The number of hydrogen-bond donors (Lipinski definition) is 2. The first-order valence-corrected chi connectivity index (χ1v) is 13.3. The average Bonchev–Trinajstić information content (AvgIpc) is 3.67. The van der Waals surface area contributed by atoms with Gasteiger partial charge in [0.25, 0.3) is 0 Å². The average molecular weight is 568 g/mol. The van der Waals surface area contributed by atoms with Crippen molar-refractivity contribution in [3.05, 3.63) is 105 Å². The van der Waals surface area contributed by atoms with Crippen molar-refractivity contribution >= 4 is 59.0 Å². The van der Waals surface area contributed by atoms with Gasteiger partial charge in [-0.15, -0.1) is 5.10 Å². The molecule has 1 unspecified atom stereocenters. The van der Waals surface area contributed by atoms with Crippen LogP contribution in [0.5, 0.6) is 0 Å². The summed E-state index contributed by atoms with van der Waals surface area (Å²) in [7, 11) is 7.01. The molecule has 2 aromatic heterocycles. The lowest BCUT2D eigenvalue weighted by Crippen LogP contribution is -2.37. The molecule has 0 saturated heterocycles. The molecule has 0 aliphatic heterocycles. The van der Waals surface area contributed by atoms with Crippen LogP contribution in [0.15, 0.2) is 67.0 Å². The summed E-state index contributed by atoms with van der Waals surface area (Å²) in [5, 5.41) is 26.8. The molecule has 0 amide bonds. The second-order valence-corrected chi connectivity index (χ2v) is 10.6. The molecule has 2 heterocycles. The first kappa shape index (κ1) is 26.1. The molecule has 196 valence electrons. The second kappa shape index (κ2) is 10.1. The number of halogens is 3. The monoisotopic (exact) mass is 567 g/mol. The molecule has 7 nitrogen and oxygen atoms in total. The molecule has 2 radical (unpaired) electrons. The van der Waals surface area contributed by atoms with E-state index in [1.807, 2.05) is 25.1 Å². The van der Waals surface area contributed by atoms with Crippen LogP contribution in [0, 0.1) is 24.1 Å². The maximum Gasteiger partial charge on any atom is 0.123 e. The summed E-state index contributed by atoms with van der Waals surface area (Å²) in [5.41, 5.74) is 3.10. The van der Waals surface area contributed by atoms with Gasteiger partial charge in [0.15, 0.2) is 0 Å². The van der Waals surface area contributed by atoms with E-state index < -0.39 is 5.44 Å². The molecule has 0 spiro atoms. The molecule has 5 aromatic rings. The fraction of sp³-hybridized carbons (Fsp3) is 0.172. The zero-order chi connectivity index (χ0) is 28.0. The van der Waals surface area contributed by atoms with Gasteiger partial charge in [-0.1, -0.05) is 46.6 Å². The number of nitrogens with one attached hydrogen (secondary N) is 2. The first-order valence-electron chi connectivity index (χ1n) is 12.6. The Morgan fingerprint density at radius 1 is 1.12 bits per heavy atom. The summed E-state index contributed by atoms with van der Waals surface area (Å²) >= 11 is 13.1. The van der Waals surface area contributed by atoms with Crippen LogP contribution in [0.4, 0.5) is 21.5 Å². The summed E-state index contributed by atoms with van der Waals surface area (Å²) in [6.07, 6.45) is 5.34. The van der Waals surface area contributed by atoms with Crippen LogP contribution in [0.25, 0.3) is 10.9 Å². The van der Waals surface area contributed by atoms with Crippen LogP contribution in [0.1, 0.15) is 41.3 Å². The number of fused-ring (bicyclic) bond motifs is 1. The Morgan fingerprint density at radius 2 is 1.90 bits per heavy atom. The minimum atomic E-state index is -1.38. The zero-order valence-electron chi connectivity index (χ0n) is 21.3. The molecule has 11 heteroatoms. The largest absolute Gasteiger partial charge is 0.378 e. The fourth-order valence-electron chi connectivity index (χ4n) is 4.63. The third kappa shape index (κ3) is 4.74. The highest BCUT2D eigenvalue weighted by Gasteiger charge is 2.34. The van der Waals surface area contributed by atoms with Crippen LogP contribution >= 0.6 is 23.2 Å². The molecular formula is C29H21BCl2FN7. The Hall–Kier alpha value is -4.13. The lowest BCUT2D eigenvalue weighted by molar-refractivity contribution is 0.610. The summed E-state index contributed by atoms with van der Waals surface area (Å²) in [5.74, 6) is -0.386. The van der Waals surface area contributed by atoms with E-state index in [2.05, 4.69) is 32.0 Å².